The minimum Gasteiger partial charge on any atom is -0.469 e. The Morgan fingerprint density at radius 2 is 2.10 bits per heavy atom. The Kier molecular flexibility index (Phi) is 3.82. The summed E-state index contributed by atoms with van der Waals surface area (Å²) in [5, 5.41) is 1.09. The van der Waals surface area contributed by atoms with Crippen LogP contribution in [-0.4, -0.2) is 4.98 Å². The van der Waals surface area contributed by atoms with E-state index in [1.807, 2.05) is 36.4 Å². The van der Waals surface area contributed by atoms with E-state index in [0.717, 1.165) is 26.8 Å². The first-order chi connectivity index (χ1) is 9.78. The molecule has 0 fully saturated rings. The van der Waals surface area contributed by atoms with Crippen LogP contribution in [0.25, 0.3) is 10.9 Å². The summed E-state index contributed by atoms with van der Waals surface area (Å²) < 4.78 is 6.31. The lowest BCUT2D eigenvalue weighted by atomic mass is 10.1. The molecule has 0 saturated heterocycles. The van der Waals surface area contributed by atoms with Gasteiger partial charge < -0.3 is 4.42 Å². The van der Waals surface area contributed by atoms with E-state index in [0.29, 0.717) is 6.42 Å². The van der Waals surface area contributed by atoms with Gasteiger partial charge in [-0.05, 0) is 40.2 Å². The Bertz CT molecular complexity index is 712. The molecule has 2 heterocycles. The topological polar surface area (TPSA) is 64.1 Å². The third-order valence-electron chi connectivity index (χ3n) is 3.22. The molecule has 1 atom stereocenters. The number of benzene rings is 1. The predicted octanol–water partition coefficient (Wildman–Crippen LogP) is 3.34. The van der Waals surface area contributed by atoms with Crippen LogP contribution in [0.1, 0.15) is 17.5 Å². The van der Waals surface area contributed by atoms with Crippen LogP contribution >= 0.6 is 15.9 Å². The summed E-state index contributed by atoms with van der Waals surface area (Å²) in [4.78, 5) is 4.70. The summed E-state index contributed by atoms with van der Waals surface area (Å²) in [5.41, 5.74) is 4.64. The van der Waals surface area contributed by atoms with Gasteiger partial charge in [-0.2, -0.15) is 0 Å². The molecule has 0 aliphatic rings. The second-order valence-electron chi connectivity index (χ2n) is 4.55. The normalized spacial score (nSPS) is 12.7. The molecule has 4 nitrogen and oxygen atoms in total. The maximum absolute atomic E-state index is 5.68. The molecule has 0 aliphatic heterocycles. The number of rotatable bonds is 4. The second-order valence-corrected chi connectivity index (χ2v) is 5.41. The van der Waals surface area contributed by atoms with Gasteiger partial charge in [0.2, 0.25) is 0 Å². The molecule has 3 rings (SSSR count). The second kappa shape index (κ2) is 5.75. The lowest BCUT2D eigenvalue weighted by molar-refractivity contribution is 0.449. The molecule has 5 heteroatoms. The smallest absolute Gasteiger partial charge is 0.105 e. The molecule has 0 radical (unpaired) electrons. The number of aromatic nitrogens is 1. The van der Waals surface area contributed by atoms with E-state index in [9.17, 15) is 0 Å². The van der Waals surface area contributed by atoms with Crippen LogP contribution in [0.15, 0.2) is 57.6 Å². The van der Waals surface area contributed by atoms with Gasteiger partial charge in [-0.3, -0.25) is 11.3 Å². The standard InChI is InChI=1S/C15H14BrN3O/c16-12-8-10-4-1-2-6-13(10)18-15(12)14(19-17)9-11-5-3-7-20-11/h1-8,14,19H,9,17H2. The van der Waals surface area contributed by atoms with E-state index in [1.165, 1.54) is 0 Å². The van der Waals surface area contributed by atoms with Gasteiger partial charge in [0.05, 0.1) is 23.5 Å². The lowest BCUT2D eigenvalue weighted by Gasteiger charge is -2.16. The number of hydrazine groups is 1. The largest absolute Gasteiger partial charge is 0.469 e. The van der Waals surface area contributed by atoms with Crippen LogP contribution in [0.2, 0.25) is 0 Å². The highest BCUT2D eigenvalue weighted by molar-refractivity contribution is 9.10. The molecule has 20 heavy (non-hydrogen) atoms. The van der Waals surface area contributed by atoms with Crippen LogP contribution in [0.4, 0.5) is 0 Å². The number of halogens is 1. The zero-order valence-corrected chi connectivity index (χ0v) is 12.3. The maximum atomic E-state index is 5.68. The molecular weight excluding hydrogens is 318 g/mol. The van der Waals surface area contributed by atoms with Gasteiger partial charge in [0.1, 0.15) is 5.76 Å². The van der Waals surface area contributed by atoms with Gasteiger partial charge in [0.25, 0.3) is 0 Å². The predicted molar refractivity (Wildman–Crippen MR) is 81.9 cm³/mol. The average molecular weight is 332 g/mol. The summed E-state index contributed by atoms with van der Waals surface area (Å²) in [6.45, 7) is 0. The minimum atomic E-state index is -0.111. The Morgan fingerprint density at radius 3 is 2.85 bits per heavy atom. The molecule has 3 N–H and O–H groups in total. The zero-order chi connectivity index (χ0) is 13.9. The van der Waals surface area contributed by atoms with Crippen molar-refractivity contribution < 1.29 is 4.42 Å². The fraction of sp³-hybridized carbons (Fsp3) is 0.133. The van der Waals surface area contributed by atoms with E-state index < -0.39 is 0 Å². The van der Waals surface area contributed by atoms with Crippen molar-refractivity contribution in [3.63, 3.8) is 0 Å². The Morgan fingerprint density at radius 1 is 1.25 bits per heavy atom. The molecule has 0 amide bonds. The first-order valence-corrected chi connectivity index (χ1v) is 7.11. The number of pyridine rings is 1. The number of hydrogen-bond acceptors (Lipinski definition) is 4. The van der Waals surface area contributed by atoms with Crippen LogP contribution in [-0.2, 0) is 6.42 Å². The minimum absolute atomic E-state index is 0.111. The van der Waals surface area contributed by atoms with Crippen molar-refractivity contribution in [3.05, 3.63) is 64.7 Å². The highest BCUT2D eigenvalue weighted by Gasteiger charge is 2.17. The number of hydrogen-bond donors (Lipinski definition) is 2. The first kappa shape index (κ1) is 13.3. The Labute approximate surface area is 125 Å². The van der Waals surface area contributed by atoms with Crippen LogP contribution in [0, 0.1) is 0 Å². The number of fused-ring (bicyclic) bond motifs is 1. The summed E-state index contributed by atoms with van der Waals surface area (Å²) in [7, 11) is 0. The third kappa shape index (κ3) is 2.60. The monoisotopic (exact) mass is 331 g/mol. The third-order valence-corrected chi connectivity index (χ3v) is 3.86. The van der Waals surface area contributed by atoms with Crippen molar-refractivity contribution in [2.24, 2.45) is 5.84 Å². The average Bonchev–Trinajstić information content (AvgIpc) is 2.97. The van der Waals surface area contributed by atoms with E-state index in [2.05, 4.69) is 27.4 Å². The van der Waals surface area contributed by atoms with E-state index >= 15 is 0 Å². The molecule has 1 unspecified atom stereocenters. The number of nitrogens with zero attached hydrogens (tertiary/aromatic N) is 1. The van der Waals surface area contributed by atoms with Crippen LogP contribution < -0.4 is 11.3 Å². The lowest BCUT2D eigenvalue weighted by Crippen LogP contribution is -2.30. The zero-order valence-electron chi connectivity index (χ0n) is 10.7. The van der Waals surface area contributed by atoms with Crippen molar-refractivity contribution in [2.75, 3.05) is 0 Å². The number of furan rings is 1. The molecule has 0 saturated carbocycles. The van der Waals surface area contributed by atoms with E-state index in [1.54, 1.807) is 6.26 Å². The number of para-hydroxylation sites is 1. The van der Waals surface area contributed by atoms with Crippen molar-refractivity contribution in [3.8, 4) is 0 Å². The maximum Gasteiger partial charge on any atom is 0.105 e. The van der Waals surface area contributed by atoms with Gasteiger partial charge >= 0.3 is 0 Å². The fourth-order valence-corrected chi connectivity index (χ4v) is 2.83. The molecule has 2 aromatic heterocycles. The van der Waals surface area contributed by atoms with Crippen molar-refractivity contribution in [1.29, 1.82) is 0 Å². The van der Waals surface area contributed by atoms with Gasteiger partial charge in [-0.15, -0.1) is 0 Å². The molecular formula is C15H14BrN3O. The van der Waals surface area contributed by atoms with Crippen LogP contribution in [0.5, 0.6) is 0 Å². The van der Waals surface area contributed by atoms with Gasteiger partial charge in [-0.25, -0.2) is 4.98 Å². The molecule has 0 spiro atoms. The molecule has 3 aromatic rings. The van der Waals surface area contributed by atoms with Crippen molar-refractivity contribution in [1.82, 2.24) is 10.4 Å². The number of nitrogens with one attached hydrogen (secondary N) is 1. The van der Waals surface area contributed by atoms with Crippen molar-refractivity contribution in [2.45, 2.75) is 12.5 Å². The van der Waals surface area contributed by atoms with E-state index in [4.69, 9.17) is 15.2 Å². The number of nitrogens with two attached hydrogens (primary N) is 1. The molecule has 0 aliphatic carbocycles. The van der Waals surface area contributed by atoms with E-state index in [-0.39, 0.29) is 6.04 Å². The summed E-state index contributed by atoms with van der Waals surface area (Å²) in [6, 6.07) is 13.7. The highest BCUT2D eigenvalue weighted by Crippen LogP contribution is 2.27. The van der Waals surface area contributed by atoms with Gasteiger partial charge in [0, 0.05) is 16.3 Å². The first-order valence-electron chi connectivity index (χ1n) is 6.31. The van der Waals surface area contributed by atoms with Gasteiger partial charge in [-0.1, -0.05) is 18.2 Å². The van der Waals surface area contributed by atoms with Gasteiger partial charge in [0.15, 0.2) is 0 Å². The highest BCUT2D eigenvalue weighted by atomic mass is 79.9. The fourth-order valence-electron chi connectivity index (χ4n) is 2.21. The Hall–Kier alpha value is -1.69. The summed E-state index contributed by atoms with van der Waals surface area (Å²) >= 11 is 3.57. The SMILES string of the molecule is NNC(Cc1ccco1)c1nc2ccccc2cc1Br. The quantitative estimate of drug-likeness (QED) is 0.568. The summed E-state index contributed by atoms with van der Waals surface area (Å²) in [6.07, 6.45) is 2.30. The molecule has 0 bridgehead atoms. The molecule has 1 aromatic carbocycles. The summed E-state index contributed by atoms with van der Waals surface area (Å²) in [5.74, 6) is 6.55. The van der Waals surface area contributed by atoms with Crippen molar-refractivity contribution >= 4 is 26.8 Å². The Balaban J connectivity index is 2.00. The molecule has 102 valence electrons. The van der Waals surface area contributed by atoms with Crippen LogP contribution in [0.3, 0.4) is 0 Å².